The molecule has 2 unspecified atom stereocenters. The molecule has 18 heavy (non-hydrogen) atoms. The summed E-state index contributed by atoms with van der Waals surface area (Å²) in [5.74, 6) is 0.433. The van der Waals surface area contributed by atoms with Gasteiger partial charge in [0.1, 0.15) is 5.82 Å². The Morgan fingerprint density at radius 3 is 3.00 bits per heavy atom. The van der Waals surface area contributed by atoms with Crippen LogP contribution in [0.2, 0.25) is 5.02 Å². The van der Waals surface area contributed by atoms with Crippen LogP contribution in [-0.4, -0.2) is 31.6 Å². The molecule has 4 heteroatoms. The van der Waals surface area contributed by atoms with Crippen molar-refractivity contribution in [1.82, 2.24) is 10.2 Å². The summed E-state index contributed by atoms with van der Waals surface area (Å²) in [5.41, 5.74) is 1.02. The zero-order valence-electron chi connectivity index (χ0n) is 10.9. The number of benzene rings is 1. The Bertz CT molecular complexity index is 411. The van der Waals surface area contributed by atoms with Gasteiger partial charge in [-0.15, -0.1) is 0 Å². The van der Waals surface area contributed by atoms with Crippen LogP contribution in [0.3, 0.4) is 0 Å². The molecule has 0 aliphatic carbocycles. The number of rotatable bonds is 4. The molecular weight excluding hydrogens is 251 g/mol. The van der Waals surface area contributed by atoms with Gasteiger partial charge in [-0.25, -0.2) is 4.39 Å². The zero-order chi connectivity index (χ0) is 13.1. The third-order valence-corrected chi connectivity index (χ3v) is 4.10. The van der Waals surface area contributed by atoms with E-state index in [0.717, 1.165) is 25.2 Å². The summed E-state index contributed by atoms with van der Waals surface area (Å²) < 4.78 is 13.0. The van der Waals surface area contributed by atoms with E-state index in [1.807, 2.05) is 7.05 Å². The van der Waals surface area contributed by atoms with Crippen LogP contribution in [0.15, 0.2) is 18.2 Å². The Labute approximate surface area is 113 Å². The van der Waals surface area contributed by atoms with E-state index in [4.69, 9.17) is 11.6 Å². The fraction of sp³-hybridized carbons (Fsp3) is 0.571. The van der Waals surface area contributed by atoms with Gasteiger partial charge < -0.3 is 5.32 Å². The number of likely N-dealkylation sites (tertiary alicyclic amines) is 1. The van der Waals surface area contributed by atoms with E-state index in [-0.39, 0.29) is 11.9 Å². The predicted octanol–water partition coefficient (Wildman–Crippen LogP) is 3.08. The summed E-state index contributed by atoms with van der Waals surface area (Å²) in [6.07, 6.45) is 1.21. The standard InChI is InChI=1S/C14H20ClFN2/c1-10(13-4-3-12(16)7-14(13)15)18-6-5-11(9-18)8-17-2/h3-4,7,10-11,17H,5-6,8-9H2,1-2H3. The summed E-state index contributed by atoms with van der Waals surface area (Å²) in [5, 5.41) is 3.75. The first-order chi connectivity index (χ1) is 8.61. The molecule has 1 aliphatic rings. The van der Waals surface area contributed by atoms with Gasteiger partial charge >= 0.3 is 0 Å². The van der Waals surface area contributed by atoms with Crippen molar-refractivity contribution in [2.24, 2.45) is 5.92 Å². The van der Waals surface area contributed by atoms with Gasteiger partial charge in [0.2, 0.25) is 0 Å². The van der Waals surface area contributed by atoms with Crippen molar-refractivity contribution in [3.8, 4) is 0 Å². The lowest BCUT2D eigenvalue weighted by Crippen LogP contribution is -2.27. The highest BCUT2D eigenvalue weighted by Gasteiger charge is 2.27. The van der Waals surface area contributed by atoms with Crippen LogP contribution in [0.4, 0.5) is 4.39 Å². The van der Waals surface area contributed by atoms with Crippen LogP contribution in [0, 0.1) is 11.7 Å². The first-order valence-corrected chi connectivity index (χ1v) is 6.83. The van der Waals surface area contributed by atoms with Crippen LogP contribution in [0.5, 0.6) is 0 Å². The van der Waals surface area contributed by atoms with Crippen LogP contribution >= 0.6 is 11.6 Å². The lowest BCUT2D eigenvalue weighted by Gasteiger charge is -2.25. The molecule has 0 amide bonds. The maximum absolute atomic E-state index is 13.0. The minimum Gasteiger partial charge on any atom is -0.319 e. The molecule has 0 spiro atoms. The second-order valence-electron chi connectivity index (χ2n) is 5.05. The molecule has 1 aromatic rings. The molecule has 100 valence electrons. The van der Waals surface area contributed by atoms with Gasteiger partial charge in [-0.1, -0.05) is 17.7 Å². The van der Waals surface area contributed by atoms with Gasteiger partial charge in [0.15, 0.2) is 0 Å². The third kappa shape index (κ3) is 3.02. The van der Waals surface area contributed by atoms with Crippen molar-refractivity contribution in [3.05, 3.63) is 34.6 Å². The Hall–Kier alpha value is -0.640. The molecule has 0 aromatic heterocycles. The quantitative estimate of drug-likeness (QED) is 0.905. The zero-order valence-corrected chi connectivity index (χ0v) is 11.7. The van der Waals surface area contributed by atoms with E-state index in [9.17, 15) is 4.39 Å². The molecule has 2 atom stereocenters. The number of hydrogen-bond acceptors (Lipinski definition) is 2. The molecule has 0 bridgehead atoms. The highest BCUT2D eigenvalue weighted by Crippen LogP contribution is 2.31. The molecule has 0 saturated carbocycles. The van der Waals surface area contributed by atoms with E-state index < -0.39 is 0 Å². The van der Waals surface area contributed by atoms with E-state index in [1.54, 1.807) is 6.07 Å². The Morgan fingerprint density at radius 1 is 1.56 bits per heavy atom. The molecule has 1 heterocycles. The minimum absolute atomic E-state index is 0.250. The van der Waals surface area contributed by atoms with Gasteiger partial charge in [-0.3, -0.25) is 4.90 Å². The first-order valence-electron chi connectivity index (χ1n) is 6.45. The third-order valence-electron chi connectivity index (χ3n) is 3.77. The first kappa shape index (κ1) is 13.8. The number of nitrogens with one attached hydrogen (secondary N) is 1. The van der Waals surface area contributed by atoms with Crippen LogP contribution in [-0.2, 0) is 0 Å². The van der Waals surface area contributed by atoms with Gasteiger partial charge in [0.05, 0.1) is 0 Å². The van der Waals surface area contributed by atoms with Crippen LogP contribution < -0.4 is 5.32 Å². The largest absolute Gasteiger partial charge is 0.319 e. The molecule has 1 saturated heterocycles. The number of hydrogen-bond donors (Lipinski definition) is 1. The van der Waals surface area contributed by atoms with Crippen molar-refractivity contribution in [2.45, 2.75) is 19.4 Å². The van der Waals surface area contributed by atoms with Gasteiger partial charge in [-0.05, 0) is 57.1 Å². The maximum atomic E-state index is 13.0. The number of halogens is 2. The number of nitrogens with zero attached hydrogens (tertiary/aromatic N) is 1. The molecule has 1 N–H and O–H groups in total. The van der Waals surface area contributed by atoms with Crippen molar-refractivity contribution >= 4 is 11.6 Å². The summed E-state index contributed by atoms with van der Waals surface area (Å²) in [4.78, 5) is 2.42. The highest BCUT2D eigenvalue weighted by atomic mass is 35.5. The van der Waals surface area contributed by atoms with E-state index in [1.165, 1.54) is 18.6 Å². The minimum atomic E-state index is -0.273. The summed E-state index contributed by atoms with van der Waals surface area (Å²) in [6, 6.07) is 4.93. The summed E-state index contributed by atoms with van der Waals surface area (Å²) in [7, 11) is 1.99. The van der Waals surface area contributed by atoms with Crippen molar-refractivity contribution in [2.75, 3.05) is 26.7 Å². The molecular formula is C14H20ClFN2. The predicted molar refractivity (Wildman–Crippen MR) is 73.4 cm³/mol. The van der Waals surface area contributed by atoms with E-state index >= 15 is 0 Å². The van der Waals surface area contributed by atoms with E-state index in [0.29, 0.717) is 10.9 Å². The fourth-order valence-electron chi connectivity index (χ4n) is 2.71. The molecule has 2 nitrogen and oxygen atoms in total. The average molecular weight is 271 g/mol. The van der Waals surface area contributed by atoms with Crippen LogP contribution in [0.1, 0.15) is 24.9 Å². The SMILES string of the molecule is CNCC1CCN(C(C)c2ccc(F)cc2Cl)C1. The van der Waals surface area contributed by atoms with Crippen molar-refractivity contribution < 1.29 is 4.39 Å². The smallest absolute Gasteiger partial charge is 0.124 e. The van der Waals surface area contributed by atoms with Crippen molar-refractivity contribution in [1.29, 1.82) is 0 Å². The summed E-state index contributed by atoms with van der Waals surface area (Å²) in [6.45, 7) is 5.36. The highest BCUT2D eigenvalue weighted by molar-refractivity contribution is 6.31. The monoisotopic (exact) mass is 270 g/mol. The molecule has 1 fully saturated rings. The maximum Gasteiger partial charge on any atom is 0.124 e. The van der Waals surface area contributed by atoms with Gasteiger partial charge in [0, 0.05) is 17.6 Å². The van der Waals surface area contributed by atoms with Crippen LogP contribution in [0.25, 0.3) is 0 Å². The Morgan fingerprint density at radius 2 is 2.33 bits per heavy atom. The van der Waals surface area contributed by atoms with Gasteiger partial charge in [0.25, 0.3) is 0 Å². The lowest BCUT2D eigenvalue weighted by atomic mass is 10.1. The fourth-order valence-corrected chi connectivity index (χ4v) is 3.03. The average Bonchev–Trinajstić information content (AvgIpc) is 2.77. The van der Waals surface area contributed by atoms with Crippen molar-refractivity contribution in [3.63, 3.8) is 0 Å². The topological polar surface area (TPSA) is 15.3 Å². The molecule has 1 aliphatic heterocycles. The lowest BCUT2D eigenvalue weighted by molar-refractivity contribution is 0.252. The Balaban J connectivity index is 2.05. The molecule has 0 radical (unpaired) electrons. The summed E-state index contributed by atoms with van der Waals surface area (Å²) >= 11 is 6.12. The normalized spacial score (nSPS) is 22.3. The van der Waals surface area contributed by atoms with Gasteiger partial charge in [-0.2, -0.15) is 0 Å². The van der Waals surface area contributed by atoms with E-state index in [2.05, 4.69) is 17.1 Å². The second kappa shape index (κ2) is 6.00. The second-order valence-corrected chi connectivity index (χ2v) is 5.46. The molecule has 1 aromatic carbocycles. The molecule has 2 rings (SSSR count). The Kier molecular flexibility index (Phi) is 4.60.